The molecule has 0 heterocycles. The highest BCUT2D eigenvalue weighted by molar-refractivity contribution is 5.85. The summed E-state index contributed by atoms with van der Waals surface area (Å²) in [6, 6.07) is 10.7. The maximum absolute atomic E-state index is 5.82. The Morgan fingerprint density at radius 1 is 1.14 bits per heavy atom. The summed E-state index contributed by atoms with van der Waals surface area (Å²) in [6.45, 7) is 0.849. The van der Waals surface area contributed by atoms with E-state index < -0.39 is 0 Å². The Labute approximate surface area is 92.1 Å². The summed E-state index contributed by atoms with van der Waals surface area (Å²) in [5, 5.41) is 0. The van der Waals surface area contributed by atoms with Crippen LogP contribution in [0.3, 0.4) is 0 Å². The number of halogens is 1. The predicted molar refractivity (Wildman–Crippen MR) is 62.7 cm³/mol. The number of rotatable bonds is 3. The predicted octanol–water partition coefficient (Wildman–Crippen LogP) is 2.78. The minimum Gasteiger partial charge on any atom is -0.330 e. The minimum atomic E-state index is 0. The number of benzene rings is 1. The van der Waals surface area contributed by atoms with E-state index in [9.17, 15) is 0 Å². The van der Waals surface area contributed by atoms with Gasteiger partial charge < -0.3 is 5.73 Å². The molecule has 2 heteroatoms. The zero-order valence-electron chi connectivity index (χ0n) is 8.41. The second-order valence-electron chi connectivity index (χ2n) is 4.22. The van der Waals surface area contributed by atoms with Gasteiger partial charge in [0.1, 0.15) is 0 Å². The lowest BCUT2D eigenvalue weighted by molar-refractivity contribution is 0.145. The molecule has 78 valence electrons. The van der Waals surface area contributed by atoms with Crippen molar-refractivity contribution in [2.75, 3.05) is 6.54 Å². The second-order valence-corrected chi connectivity index (χ2v) is 4.22. The van der Waals surface area contributed by atoms with Crippen molar-refractivity contribution >= 4 is 12.4 Å². The van der Waals surface area contributed by atoms with Crippen molar-refractivity contribution in [3.05, 3.63) is 35.9 Å². The summed E-state index contributed by atoms with van der Waals surface area (Å²) in [6.07, 6.45) is 5.17. The Bertz CT molecular complexity index is 261. The largest absolute Gasteiger partial charge is 0.330 e. The van der Waals surface area contributed by atoms with Crippen LogP contribution < -0.4 is 5.73 Å². The van der Waals surface area contributed by atoms with Crippen LogP contribution in [0.4, 0.5) is 0 Å². The first kappa shape index (κ1) is 11.5. The molecule has 2 N–H and O–H groups in total. The number of nitrogens with two attached hydrogens (primary N) is 1. The van der Waals surface area contributed by atoms with Crippen molar-refractivity contribution in [1.82, 2.24) is 0 Å². The average molecular weight is 212 g/mol. The molecule has 0 amide bonds. The van der Waals surface area contributed by atoms with Crippen LogP contribution in [0.2, 0.25) is 0 Å². The van der Waals surface area contributed by atoms with Crippen LogP contribution in [-0.4, -0.2) is 6.54 Å². The molecule has 2 rings (SSSR count). The normalized spacial score (nSPS) is 18.1. The molecule has 0 aliphatic heterocycles. The van der Waals surface area contributed by atoms with Crippen LogP contribution in [0, 0.1) is 5.41 Å². The summed E-state index contributed by atoms with van der Waals surface area (Å²) in [5.74, 6) is 0. The SMILES string of the molecule is Cl.NCC1(Cc2ccccc2)CCC1. The van der Waals surface area contributed by atoms with Gasteiger partial charge in [-0.3, -0.25) is 0 Å². The molecule has 1 nitrogen and oxygen atoms in total. The molecule has 14 heavy (non-hydrogen) atoms. The molecule has 1 aromatic rings. The van der Waals surface area contributed by atoms with Crippen LogP contribution in [0.1, 0.15) is 24.8 Å². The molecule has 0 radical (unpaired) electrons. The monoisotopic (exact) mass is 211 g/mol. The minimum absolute atomic E-state index is 0. The van der Waals surface area contributed by atoms with Gasteiger partial charge in [-0.25, -0.2) is 0 Å². The molecular formula is C12H18ClN. The third kappa shape index (κ3) is 2.28. The van der Waals surface area contributed by atoms with E-state index in [4.69, 9.17) is 5.73 Å². The third-order valence-electron chi connectivity index (χ3n) is 3.27. The van der Waals surface area contributed by atoms with Gasteiger partial charge in [0.05, 0.1) is 0 Å². The maximum Gasteiger partial charge on any atom is -0.00173 e. The van der Waals surface area contributed by atoms with Crippen molar-refractivity contribution in [1.29, 1.82) is 0 Å². The van der Waals surface area contributed by atoms with E-state index in [2.05, 4.69) is 30.3 Å². The van der Waals surface area contributed by atoms with Crippen molar-refractivity contribution in [2.24, 2.45) is 11.1 Å². The fraction of sp³-hybridized carbons (Fsp3) is 0.500. The smallest absolute Gasteiger partial charge is 0.00173 e. The Kier molecular flexibility index (Phi) is 3.97. The molecular weight excluding hydrogens is 194 g/mol. The van der Waals surface area contributed by atoms with Gasteiger partial charge in [0.15, 0.2) is 0 Å². The van der Waals surface area contributed by atoms with Gasteiger partial charge in [0.2, 0.25) is 0 Å². The van der Waals surface area contributed by atoms with Crippen LogP contribution in [0.5, 0.6) is 0 Å². The average Bonchev–Trinajstić information content (AvgIpc) is 2.13. The first-order valence-corrected chi connectivity index (χ1v) is 5.09. The highest BCUT2D eigenvalue weighted by Gasteiger charge is 2.35. The topological polar surface area (TPSA) is 26.0 Å². The van der Waals surface area contributed by atoms with E-state index in [0.29, 0.717) is 5.41 Å². The quantitative estimate of drug-likeness (QED) is 0.818. The molecule has 1 aliphatic rings. The zero-order chi connectivity index (χ0) is 9.15. The van der Waals surface area contributed by atoms with Gasteiger partial charge in [-0.15, -0.1) is 12.4 Å². The molecule has 1 aromatic carbocycles. The molecule has 0 spiro atoms. The molecule has 1 fully saturated rings. The summed E-state index contributed by atoms with van der Waals surface area (Å²) in [4.78, 5) is 0. The van der Waals surface area contributed by atoms with Gasteiger partial charge >= 0.3 is 0 Å². The lowest BCUT2D eigenvalue weighted by Gasteiger charge is -2.41. The van der Waals surface area contributed by atoms with E-state index >= 15 is 0 Å². The van der Waals surface area contributed by atoms with Crippen molar-refractivity contribution < 1.29 is 0 Å². The summed E-state index contributed by atoms with van der Waals surface area (Å²) >= 11 is 0. The van der Waals surface area contributed by atoms with E-state index in [1.807, 2.05) is 0 Å². The van der Waals surface area contributed by atoms with E-state index in [-0.39, 0.29) is 12.4 Å². The highest BCUT2D eigenvalue weighted by Crippen LogP contribution is 2.42. The molecule has 0 bridgehead atoms. The zero-order valence-corrected chi connectivity index (χ0v) is 9.22. The summed E-state index contributed by atoms with van der Waals surface area (Å²) in [5.41, 5.74) is 7.70. The van der Waals surface area contributed by atoms with E-state index in [0.717, 1.165) is 6.54 Å². The second kappa shape index (κ2) is 4.81. The highest BCUT2D eigenvalue weighted by atomic mass is 35.5. The third-order valence-corrected chi connectivity index (χ3v) is 3.27. The lowest BCUT2D eigenvalue weighted by atomic mass is 9.65. The fourth-order valence-electron chi connectivity index (χ4n) is 2.16. The first-order valence-electron chi connectivity index (χ1n) is 5.09. The van der Waals surface area contributed by atoms with Crippen LogP contribution in [0.25, 0.3) is 0 Å². The number of hydrogen-bond donors (Lipinski definition) is 1. The summed E-state index contributed by atoms with van der Waals surface area (Å²) < 4.78 is 0. The van der Waals surface area contributed by atoms with Crippen molar-refractivity contribution in [3.8, 4) is 0 Å². The van der Waals surface area contributed by atoms with Gasteiger partial charge in [0, 0.05) is 0 Å². The van der Waals surface area contributed by atoms with Crippen LogP contribution >= 0.6 is 12.4 Å². The molecule has 0 aromatic heterocycles. The summed E-state index contributed by atoms with van der Waals surface area (Å²) in [7, 11) is 0. The van der Waals surface area contributed by atoms with Gasteiger partial charge in [-0.1, -0.05) is 36.8 Å². The molecule has 1 aliphatic carbocycles. The van der Waals surface area contributed by atoms with Crippen molar-refractivity contribution in [2.45, 2.75) is 25.7 Å². The molecule has 0 unspecified atom stereocenters. The van der Waals surface area contributed by atoms with Gasteiger partial charge in [-0.2, -0.15) is 0 Å². The van der Waals surface area contributed by atoms with E-state index in [1.54, 1.807) is 0 Å². The maximum atomic E-state index is 5.82. The Hall–Kier alpha value is -0.530. The Morgan fingerprint density at radius 3 is 2.21 bits per heavy atom. The molecule has 0 atom stereocenters. The lowest BCUT2D eigenvalue weighted by Crippen LogP contribution is -2.39. The molecule has 0 saturated heterocycles. The van der Waals surface area contributed by atoms with Crippen LogP contribution in [0.15, 0.2) is 30.3 Å². The molecule has 1 saturated carbocycles. The van der Waals surface area contributed by atoms with Crippen molar-refractivity contribution in [3.63, 3.8) is 0 Å². The Balaban J connectivity index is 0.000000980. The Morgan fingerprint density at radius 2 is 1.79 bits per heavy atom. The first-order chi connectivity index (χ1) is 6.35. The number of hydrogen-bond acceptors (Lipinski definition) is 1. The fourth-order valence-corrected chi connectivity index (χ4v) is 2.16. The standard InChI is InChI=1S/C12H17N.ClH/c13-10-12(7-4-8-12)9-11-5-2-1-3-6-11;/h1-3,5-6H,4,7-10,13H2;1H. The van der Waals surface area contributed by atoms with Crippen LogP contribution in [-0.2, 0) is 6.42 Å². The van der Waals surface area contributed by atoms with Gasteiger partial charge in [0.25, 0.3) is 0 Å². The van der Waals surface area contributed by atoms with Gasteiger partial charge in [-0.05, 0) is 36.8 Å². The van der Waals surface area contributed by atoms with E-state index in [1.165, 1.54) is 31.2 Å².